The maximum atomic E-state index is 6.22. The fourth-order valence-corrected chi connectivity index (χ4v) is 10.3. The summed E-state index contributed by atoms with van der Waals surface area (Å²) in [5, 5.41) is 12.6. The lowest BCUT2D eigenvalue weighted by atomic mass is 9.76. The Morgan fingerprint density at radius 3 is 1.39 bits per heavy atom. The van der Waals surface area contributed by atoms with Crippen LogP contribution in [0.1, 0.15) is 25.0 Å². The summed E-state index contributed by atoms with van der Waals surface area (Å²) in [5.41, 5.74) is 14.7. The van der Waals surface area contributed by atoms with E-state index in [9.17, 15) is 0 Å². The van der Waals surface area contributed by atoms with Gasteiger partial charge in [-0.05, 0) is 117 Å². The van der Waals surface area contributed by atoms with E-state index >= 15 is 0 Å². The maximum absolute atomic E-state index is 6.22. The Morgan fingerprint density at radius 1 is 0.304 bits per heavy atom. The second kappa shape index (κ2) is 11.5. The Morgan fingerprint density at radius 2 is 0.750 bits per heavy atom. The van der Waals surface area contributed by atoms with E-state index in [0.717, 1.165) is 21.9 Å². The number of benzene rings is 10. The van der Waals surface area contributed by atoms with Crippen LogP contribution in [0.2, 0.25) is 0 Å². The summed E-state index contributed by atoms with van der Waals surface area (Å²) in [6.07, 6.45) is 0. The van der Waals surface area contributed by atoms with Gasteiger partial charge in [0.05, 0.1) is 0 Å². The lowest BCUT2D eigenvalue weighted by Crippen LogP contribution is -2.17. The summed E-state index contributed by atoms with van der Waals surface area (Å²) in [4.78, 5) is 0. The molecule has 1 heterocycles. The van der Waals surface area contributed by atoms with Crippen LogP contribution in [0, 0.1) is 0 Å². The van der Waals surface area contributed by atoms with Crippen molar-refractivity contribution in [1.29, 1.82) is 0 Å². The lowest BCUT2D eigenvalue weighted by Gasteiger charge is -2.26. The Kier molecular flexibility index (Phi) is 6.46. The smallest absolute Gasteiger partial charge is 0.135 e. The van der Waals surface area contributed by atoms with Crippen molar-refractivity contribution in [2.24, 2.45) is 0 Å². The van der Waals surface area contributed by atoms with Gasteiger partial charge in [0.2, 0.25) is 0 Å². The number of furan rings is 1. The Labute approximate surface area is 325 Å². The first-order chi connectivity index (χ1) is 27.6. The molecule has 0 unspecified atom stereocenters. The van der Waals surface area contributed by atoms with E-state index in [2.05, 4.69) is 184 Å². The zero-order valence-corrected chi connectivity index (χ0v) is 31.2. The van der Waals surface area contributed by atoms with E-state index < -0.39 is 0 Å². The minimum absolute atomic E-state index is 0.183. The number of fused-ring (bicyclic) bond motifs is 13. The topological polar surface area (TPSA) is 13.1 Å². The van der Waals surface area contributed by atoms with Crippen LogP contribution in [-0.4, -0.2) is 0 Å². The van der Waals surface area contributed by atoms with Crippen LogP contribution in [-0.2, 0) is 5.41 Å². The van der Waals surface area contributed by atoms with Gasteiger partial charge in [-0.3, -0.25) is 0 Å². The number of hydrogen-bond acceptors (Lipinski definition) is 1. The molecule has 1 aliphatic rings. The third-order valence-corrected chi connectivity index (χ3v) is 12.6. The molecule has 1 heteroatoms. The van der Waals surface area contributed by atoms with E-state index in [1.54, 1.807) is 0 Å². The van der Waals surface area contributed by atoms with Gasteiger partial charge in [-0.25, -0.2) is 0 Å². The van der Waals surface area contributed by atoms with Crippen molar-refractivity contribution in [2.45, 2.75) is 19.3 Å². The SMILES string of the molecule is CC1(C)c2c(-c3ccc(-c4c5ccccc5c(-c5ccc6oc7ccccc7c6c5)c5ccccc45)cc3)cccc2-c2c1c1ccccc1c1ccccc21. The highest BCUT2D eigenvalue weighted by molar-refractivity contribution is 6.22. The van der Waals surface area contributed by atoms with Crippen LogP contribution in [0.4, 0.5) is 0 Å². The number of para-hydroxylation sites is 1. The van der Waals surface area contributed by atoms with Crippen molar-refractivity contribution in [3.63, 3.8) is 0 Å². The molecule has 10 aromatic carbocycles. The molecular formula is C55H36O. The zero-order valence-electron chi connectivity index (χ0n) is 31.2. The minimum Gasteiger partial charge on any atom is -0.456 e. The molecule has 262 valence electrons. The quantitative estimate of drug-likeness (QED) is 0.131. The minimum atomic E-state index is -0.183. The highest BCUT2D eigenvalue weighted by Crippen LogP contribution is 2.57. The average Bonchev–Trinajstić information content (AvgIpc) is 3.74. The van der Waals surface area contributed by atoms with E-state index in [0.29, 0.717) is 0 Å². The van der Waals surface area contributed by atoms with Crippen molar-refractivity contribution in [2.75, 3.05) is 0 Å². The fraction of sp³-hybridized carbons (Fsp3) is 0.0545. The van der Waals surface area contributed by atoms with Gasteiger partial charge in [-0.2, -0.15) is 0 Å². The summed E-state index contributed by atoms with van der Waals surface area (Å²) in [7, 11) is 0. The molecule has 11 aromatic rings. The highest BCUT2D eigenvalue weighted by atomic mass is 16.3. The van der Waals surface area contributed by atoms with Crippen molar-refractivity contribution in [1.82, 2.24) is 0 Å². The molecule has 0 amide bonds. The first-order valence-electron chi connectivity index (χ1n) is 19.6. The van der Waals surface area contributed by atoms with Crippen molar-refractivity contribution in [3.8, 4) is 44.5 Å². The molecule has 0 bridgehead atoms. The van der Waals surface area contributed by atoms with Gasteiger partial charge >= 0.3 is 0 Å². The standard InChI is InChI=1S/C55H36O/c1-55(2)53-36(23-13-24-46(53)52-40-17-5-3-14-37(40)38-15-4-10-22-45(38)54(52)55)33-26-28-34(29-27-33)50-41-18-6-8-20-43(41)51(44-21-9-7-19-42(44)50)35-30-31-49-47(32-35)39-16-11-12-25-48(39)56-49/h3-32H,1-2H3. The summed E-state index contributed by atoms with van der Waals surface area (Å²) in [6, 6.07) is 67.0. The maximum Gasteiger partial charge on any atom is 0.135 e. The van der Waals surface area contributed by atoms with Gasteiger partial charge in [0.25, 0.3) is 0 Å². The van der Waals surface area contributed by atoms with Crippen LogP contribution in [0.25, 0.3) is 110 Å². The van der Waals surface area contributed by atoms with Crippen molar-refractivity contribution in [3.05, 3.63) is 193 Å². The van der Waals surface area contributed by atoms with E-state index in [-0.39, 0.29) is 5.41 Å². The molecule has 0 fully saturated rings. The lowest BCUT2D eigenvalue weighted by molar-refractivity contribution is 0.668. The third kappa shape index (κ3) is 4.26. The number of hydrogen-bond donors (Lipinski definition) is 0. The summed E-state index contributed by atoms with van der Waals surface area (Å²) < 4.78 is 6.22. The molecule has 0 radical (unpaired) electrons. The molecule has 0 aliphatic heterocycles. The predicted molar refractivity (Wildman–Crippen MR) is 238 cm³/mol. The van der Waals surface area contributed by atoms with Gasteiger partial charge in [0.1, 0.15) is 11.2 Å². The normalized spacial score (nSPS) is 13.3. The first-order valence-corrected chi connectivity index (χ1v) is 19.6. The van der Waals surface area contributed by atoms with Crippen LogP contribution in [0.15, 0.2) is 186 Å². The Balaban J connectivity index is 1.04. The molecule has 1 aromatic heterocycles. The molecule has 1 aliphatic carbocycles. The van der Waals surface area contributed by atoms with Crippen molar-refractivity contribution >= 4 is 65.0 Å². The molecule has 0 saturated heterocycles. The van der Waals surface area contributed by atoms with Gasteiger partial charge in [0, 0.05) is 16.2 Å². The predicted octanol–water partition coefficient (Wildman–Crippen LogP) is 15.5. The first kappa shape index (κ1) is 31.4. The van der Waals surface area contributed by atoms with Gasteiger partial charge in [-0.15, -0.1) is 0 Å². The third-order valence-electron chi connectivity index (χ3n) is 12.6. The molecule has 0 saturated carbocycles. The van der Waals surface area contributed by atoms with E-state index in [1.807, 2.05) is 12.1 Å². The molecule has 12 rings (SSSR count). The second-order valence-corrected chi connectivity index (χ2v) is 15.9. The van der Waals surface area contributed by atoms with Gasteiger partial charge in [0.15, 0.2) is 0 Å². The molecule has 1 nitrogen and oxygen atoms in total. The van der Waals surface area contributed by atoms with Crippen LogP contribution >= 0.6 is 0 Å². The molecule has 0 spiro atoms. The molecule has 0 N–H and O–H groups in total. The highest BCUT2D eigenvalue weighted by Gasteiger charge is 2.40. The Hall–Kier alpha value is -6.96. The largest absolute Gasteiger partial charge is 0.456 e. The van der Waals surface area contributed by atoms with Crippen LogP contribution in [0.3, 0.4) is 0 Å². The summed E-state index contributed by atoms with van der Waals surface area (Å²) >= 11 is 0. The average molecular weight is 713 g/mol. The second-order valence-electron chi connectivity index (χ2n) is 15.9. The Bertz CT molecular complexity index is 3370. The monoisotopic (exact) mass is 712 g/mol. The van der Waals surface area contributed by atoms with Crippen LogP contribution in [0.5, 0.6) is 0 Å². The molecular weight excluding hydrogens is 677 g/mol. The zero-order chi connectivity index (χ0) is 37.1. The van der Waals surface area contributed by atoms with Crippen molar-refractivity contribution < 1.29 is 4.42 Å². The summed E-state index contributed by atoms with van der Waals surface area (Å²) in [6.45, 7) is 4.84. The van der Waals surface area contributed by atoms with Gasteiger partial charge < -0.3 is 4.42 Å². The number of rotatable bonds is 3. The van der Waals surface area contributed by atoms with Gasteiger partial charge in [-0.1, -0.05) is 178 Å². The van der Waals surface area contributed by atoms with E-state index in [1.165, 1.54) is 98.7 Å². The molecule has 56 heavy (non-hydrogen) atoms. The fourth-order valence-electron chi connectivity index (χ4n) is 10.3. The summed E-state index contributed by atoms with van der Waals surface area (Å²) in [5.74, 6) is 0. The van der Waals surface area contributed by atoms with Crippen LogP contribution < -0.4 is 0 Å². The van der Waals surface area contributed by atoms with E-state index in [4.69, 9.17) is 4.42 Å². The molecule has 0 atom stereocenters.